The highest BCUT2D eigenvalue weighted by Gasteiger charge is 2.29. The minimum Gasteiger partial charge on any atom is -0.462 e. The van der Waals surface area contributed by atoms with Crippen LogP contribution in [0.25, 0.3) is 10.2 Å². The van der Waals surface area contributed by atoms with Crippen molar-refractivity contribution in [2.75, 3.05) is 23.9 Å². The van der Waals surface area contributed by atoms with E-state index in [-0.39, 0.29) is 39.0 Å². The van der Waals surface area contributed by atoms with E-state index in [4.69, 9.17) is 9.47 Å². The van der Waals surface area contributed by atoms with Crippen LogP contribution in [0.15, 0.2) is 23.0 Å². The Bertz CT molecular complexity index is 1330. The number of carbonyl (C=O) groups excluding carboxylic acids is 2. The van der Waals surface area contributed by atoms with Gasteiger partial charge >= 0.3 is 12.1 Å². The molecule has 0 unspecified atom stereocenters. The van der Waals surface area contributed by atoms with E-state index >= 15 is 0 Å². The number of pyridine rings is 1. The minimum absolute atomic E-state index is 0.0211. The van der Waals surface area contributed by atoms with Gasteiger partial charge in [-0.05, 0) is 68.5 Å². The molecule has 2 aromatic heterocycles. The third-order valence-corrected chi connectivity index (χ3v) is 6.33. The van der Waals surface area contributed by atoms with Crippen molar-refractivity contribution in [1.29, 1.82) is 0 Å². The summed E-state index contributed by atoms with van der Waals surface area (Å²) in [5.41, 5.74) is -1.13. The van der Waals surface area contributed by atoms with Gasteiger partial charge in [0.05, 0.1) is 12.3 Å². The van der Waals surface area contributed by atoms with Gasteiger partial charge in [-0.15, -0.1) is 0 Å². The molecule has 0 aliphatic rings. The van der Waals surface area contributed by atoms with Gasteiger partial charge in [-0.25, -0.2) is 19.0 Å². The number of nitrogens with one attached hydrogen (secondary N) is 1. The highest BCUT2D eigenvalue weighted by atomic mass is 127. The number of fused-ring (bicyclic) bond motifs is 1. The van der Waals surface area contributed by atoms with Gasteiger partial charge in [-0.2, -0.15) is 0 Å². The van der Waals surface area contributed by atoms with E-state index < -0.39 is 29.0 Å². The summed E-state index contributed by atoms with van der Waals surface area (Å²) >= 11 is 2.92. The van der Waals surface area contributed by atoms with Crippen LogP contribution in [0.1, 0.15) is 38.1 Å². The van der Waals surface area contributed by atoms with Crippen LogP contribution >= 0.6 is 33.9 Å². The van der Waals surface area contributed by atoms with Gasteiger partial charge in [-0.1, -0.05) is 11.3 Å². The van der Waals surface area contributed by atoms with E-state index in [2.05, 4.69) is 10.3 Å². The number of esters is 1. The van der Waals surface area contributed by atoms with E-state index in [0.717, 1.165) is 16.2 Å². The number of anilines is 3. The predicted octanol–water partition coefficient (Wildman–Crippen LogP) is 5.03. The molecule has 34 heavy (non-hydrogen) atoms. The molecule has 0 aliphatic carbocycles. The summed E-state index contributed by atoms with van der Waals surface area (Å²) in [4.78, 5) is 44.2. The van der Waals surface area contributed by atoms with Gasteiger partial charge in [-0.3, -0.25) is 14.3 Å². The zero-order valence-corrected chi connectivity index (χ0v) is 22.5. The number of ether oxygens (including phenoxy) is 2. The molecular weight excluding hydrogens is 578 g/mol. The number of carbonyl (C=O) groups is 2. The van der Waals surface area contributed by atoms with Gasteiger partial charge < -0.3 is 14.8 Å². The zero-order valence-electron chi connectivity index (χ0n) is 19.5. The molecule has 0 saturated carbocycles. The molecule has 1 N–H and O–H groups in total. The summed E-state index contributed by atoms with van der Waals surface area (Å²) in [6, 6.07) is 4.51. The Morgan fingerprint density at radius 2 is 2.00 bits per heavy atom. The first-order valence-electron chi connectivity index (χ1n) is 10.2. The molecule has 3 rings (SSSR count). The number of rotatable bonds is 5. The van der Waals surface area contributed by atoms with Crippen molar-refractivity contribution >= 4 is 72.8 Å². The summed E-state index contributed by atoms with van der Waals surface area (Å²) in [6.45, 7) is 6.91. The Labute approximate surface area is 213 Å². The Kier molecular flexibility index (Phi) is 7.50. The van der Waals surface area contributed by atoms with E-state index in [9.17, 15) is 18.8 Å². The number of benzene rings is 1. The molecule has 1 amide bonds. The van der Waals surface area contributed by atoms with Crippen molar-refractivity contribution in [3.63, 3.8) is 0 Å². The Morgan fingerprint density at radius 1 is 1.32 bits per heavy atom. The Morgan fingerprint density at radius 3 is 2.59 bits per heavy atom. The fourth-order valence-corrected chi connectivity index (χ4v) is 4.42. The maximum atomic E-state index is 14.6. The molecule has 1 aromatic carbocycles. The van der Waals surface area contributed by atoms with Crippen molar-refractivity contribution < 1.29 is 23.5 Å². The Balaban J connectivity index is 2.21. The SMILES string of the molecule is CCOC(=O)c1c(Nc2ccc(I)cc2F)n(C)c(=O)c2sc(N(C)C(=O)OC(C)(C)C)nc12. The average molecular weight is 602 g/mol. The molecule has 2 heterocycles. The number of thiazole rings is 1. The molecule has 182 valence electrons. The standard InChI is InChI=1S/C22H24FIN4O5S/c1-7-32-19(30)14-15-16(34-20(26-15)28(6)21(31)33-22(2,3)4)18(29)27(5)17(14)25-13-9-8-11(24)10-12(13)23/h8-10,25H,7H2,1-6H3. The second-order valence-electron chi connectivity index (χ2n) is 8.27. The lowest BCUT2D eigenvalue weighted by molar-refractivity contribution is 0.0527. The highest BCUT2D eigenvalue weighted by molar-refractivity contribution is 14.1. The number of halogens is 2. The largest absolute Gasteiger partial charge is 0.462 e. The molecule has 12 heteroatoms. The smallest absolute Gasteiger partial charge is 0.416 e. The first-order valence-corrected chi connectivity index (χ1v) is 12.1. The van der Waals surface area contributed by atoms with Crippen molar-refractivity contribution in [1.82, 2.24) is 9.55 Å². The van der Waals surface area contributed by atoms with Crippen LogP contribution < -0.4 is 15.8 Å². The van der Waals surface area contributed by atoms with Crippen LogP contribution in [0.2, 0.25) is 0 Å². The fraction of sp³-hybridized carbons (Fsp3) is 0.364. The number of hydrogen-bond acceptors (Lipinski definition) is 8. The summed E-state index contributed by atoms with van der Waals surface area (Å²) in [5, 5.41) is 3.00. The number of amides is 1. The molecule has 0 radical (unpaired) electrons. The van der Waals surface area contributed by atoms with Crippen LogP contribution in [0.4, 0.5) is 25.8 Å². The lowest BCUT2D eigenvalue weighted by Gasteiger charge is -2.23. The Hall–Kier alpha value is -2.74. The summed E-state index contributed by atoms with van der Waals surface area (Å²) in [6.07, 6.45) is -0.666. The molecule has 0 fully saturated rings. The van der Waals surface area contributed by atoms with E-state index in [1.54, 1.807) is 33.8 Å². The van der Waals surface area contributed by atoms with Crippen LogP contribution in [0.3, 0.4) is 0 Å². The number of hydrogen-bond donors (Lipinski definition) is 1. The summed E-state index contributed by atoms with van der Waals surface area (Å²) < 4.78 is 27.2. The maximum absolute atomic E-state index is 14.6. The lowest BCUT2D eigenvalue weighted by Crippen LogP contribution is -2.34. The van der Waals surface area contributed by atoms with Gasteiger partial charge in [0, 0.05) is 17.7 Å². The molecule has 3 aromatic rings. The lowest BCUT2D eigenvalue weighted by atomic mass is 10.2. The molecule has 0 atom stereocenters. The highest BCUT2D eigenvalue weighted by Crippen LogP contribution is 2.34. The molecule has 9 nitrogen and oxygen atoms in total. The van der Waals surface area contributed by atoms with E-state index in [1.807, 2.05) is 22.6 Å². The number of aromatic nitrogens is 2. The van der Waals surface area contributed by atoms with Crippen LogP contribution in [0.5, 0.6) is 0 Å². The van der Waals surface area contributed by atoms with Gasteiger partial charge in [0.15, 0.2) is 5.13 Å². The molecule has 0 spiro atoms. The molecule has 0 bridgehead atoms. The molecule has 0 saturated heterocycles. The van der Waals surface area contributed by atoms with Crippen molar-refractivity contribution in [2.45, 2.75) is 33.3 Å². The quantitative estimate of drug-likeness (QED) is 0.323. The topological polar surface area (TPSA) is 103 Å². The normalized spacial score (nSPS) is 11.4. The second-order valence-corrected chi connectivity index (χ2v) is 10.5. The molecular formula is C22H24FIN4O5S. The average Bonchev–Trinajstić information content (AvgIpc) is 3.17. The first-order chi connectivity index (χ1) is 15.8. The monoisotopic (exact) mass is 602 g/mol. The van der Waals surface area contributed by atoms with Gasteiger partial charge in [0.25, 0.3) is 5.56 Å². The van der Waals surface area contributed by atoms with Crippen LogP contribution in [0, 0.1) is 9.39 Å². The third-order valence-electron chi connectivity index (χ3n) is 4.54. The van der Waals surface area contributed by atoms with Crippen LogP contribution in [-0.4, -0.2) is 40.9 Å². The summed E-state index contributed by atoms with van der Waals surface area (Å²) in [7, 11) is 2.91. The van der Waals surface area contributed by atoms with Crippen molar-refractivity contribution in [2.24, 2.45) is 7.05 Å². The minimum atomic E-state index is -0.742. The third kappa shape index (κ3) is 5.32. The predicted molar refractivity (Wildman–Crippen MR) is 138 cm³/mol. The van der Waals surface area contributed by atoms with E-state index in [1.165, 1.54) is 30.8 Å². The van der Waals surface area contributed by atoms with E-state index in [0.29, 0.717) is 3.57 Å². The van der Waals surface area contributed by atoms with Gasteiger partial charge in [0.2, 0.25) is 0 Å². The second kappa shape index (κ2) is 9.86. The molecule has 0 aliphatic heterocycles. The number of nitrogens with zero attached hydrogens (tertiary/aromatic N) is 3. The fourth-order valence-electron chi connectivity index (χ4n) is 2.97. The first kappa shape index (κ1) is 25.9. The van der Waals surface area contributed by atoms with Gasteiger partial charge in [0.1, 0.15) is 33.0 Å². The van der Waals surface area contributed by atoms with Crippen molar-refractivity contribution in [3.05, 3.63) is 43.5 Å². The zero-order chi connectivity index (χ0) is 25.4. The van der Waals surface area contributed by atoms with Crippen molar-refractivity contribution in [3.8, 4) is 0 Å². The maximum Gasteiger partial charge on any atom is 0.416 e. The van der Waals surface area contributed by atoms with Crippen LogP contribution in [-0.2, 0) is 16.5 Å². The summed E-state index contributed by atoms with van der Waals surface area (Å²) in [5.74, 6) is -1.28.